The minimum atomic E-state index is -3.62. The molecule has 0 N–H and O–H groups in total. The maximum absolute atomic E-state index is 13.3. The van der Waals surface area contributed by atoms with Crippen molar-refractivity contribution in [3.8, 4) is 0 Å². The van der Waals surface area contributed by atoms with Crippen molar-refractivity contribution in [2.24, 2.45) is 0 Å². The average Bonchev–Trinajstić information content (AvgIpc) is 3.05. The van der Waals surface area contributed by atoms with Gasteiger partial charge in [0.1, 0.15) is 0 Å². The van der Waals surface area contributed by atoms with Gasteiger partial charge in [-0.15, -0.1) is 0 Å². The van der Waals surface area contributed by atoms with Crippen LogP contribution >= 0.6 is 11.6 Å². The molecule has 4 rings (SSSR count). The SMILES string of the molecule is O=C(c1cc(S(=O)(=O)N2CCCCC2)ccc1Cl)N1CCCN(Cc2ccccc2)CC1. The molecule has 0 spiro atoms. The number of carbonyl (C=O) groups is 1. The molecule has 32 heavy (non-hydrogen) atoms. The molecule has 2 aromatic carbocycles. The third kappa shape index (κ3) is 5.34. The Hall–Kier alpha value is -1.93. The second-order valence-corrected chi connectivity index (χ2v) is 10.9. The number of amides is 1. The van der Waals surface area contributed by atoms with Crippen molar-refractivity contribution in [1.82, 2.24) is 14.1 Å². The molecule has 0 saturated carbocycles. The predicted molar refractivity (Wildman–Crippen MR) is 126 cm³/mol. The molecule has 6 nitrogen and oxygen atoms in total. The van der Waals surface area contributed by atoms with Crippen LogP contribution in [-0.4, -0.2) is 67.7 Å². The van der Waals surface area contributed by atoms with Crippen LogP contribution in [0.1, 0.15) is 41.6 Å². The summed E-state index contributed by atoms with van der Waals surface area (Å²) in [4.78, 5) is 17.6. The van der Waals surface area contributed by atoms with Crippen LogP contribution in [0.25, 0.3) is 0 Å². The number of carbonyl (C=O) groups excluding carboxylic acids is 1. The van der Waals surface area contributed by atoms with Crippen molar-refractivity contribution < 1.29 is 13.2 Å². The zero-order chi connectivity index (χ0) is 22.6. The smallest absolute Gasteiger partial charge is 0.255 e. The van der Waals surface area contributed by atoms with E-state index in [9.17, 15) is 13.2 Å². The zero-order valence-electron chi connectivity index (χ0n) is 18.2. The van der Waals surface area contributed by atoms with E-state index in [-0.39, 0.29) is 21.4 Å². The van der Waals surface area contributed by atoms with Crippen molar-refractivity contribution >= 4 is 27.5 Å². The van der Waals surface area contributed by atoms with Crippen LogP contribution in [-0.2, 0) is 16.6 Å². The molecule has 0 atom stereocenters. The van der Waals surface area contributed by atoms with E-state index in [1.165, 1.54) is 28.1 Å². The standard InChI is InChI=1S/C24H30ClN3O3S/c25-23-11-10-21(32(30,31)28-14-5-2-6-15-28)18-22(23)24(29)27-13-7-12-26(16-17-27)19-20-8-3-1-4-9-20/h1,3-4,8-11,18H,2,5-7,12-17,19H2. The first kappa shape index (κ1) is 23.2. The van der Waals surface area contributed by atoms with Crippen LogP contribution in [0.5, 0.6) is 0 Å². The van der Waals surface area contributed by atoms with Crippen molar-refractivity contribution in [2.45, 2.75) is 37.1 Å². The summed E-state index contributed by atoms with van der Waals surface area (Å²) in [5, 5.41) is 0.290. The van der Waals surface area contributed by atoms with Gasteiger partial charge < -0.3 is 4.90 Å². The first-order chi connectivity index (χ1) is 15.4. The Morgan fingerprint density at radius 1 is 0.844 bits per heavy atom. The molecule has 0 radical (unpaired) electrons. The fourth-order valence-electron chi connectivity index (χ4n) is 4.43. The molecule has 172 valence electrons. The summed E-state index contributed by atoms with van der Waals surface area (Å²) in [5.41, 5.74) is 1.52. The molecule has 0 aliphatic carbocycles. The van der Waals surface area contributed by atoms with Gasteiger partial charge in [-0.05, 0) is 43.0 Å². The van der Waals surface area contributed by atoms with Gasteiger partial charge in [0.05, 0.1) is 15.5 Å². The monoisotopic (exact) mass is 475 g/mol. The second-order valence-electron chi connectivity index (χ2n) is 8.51. The van der Waals surface area contributed by atoms with Gasteiger partial charge in [0, 0.05) is 45.8 Å². The number of halogens is 1. The van der Waals surface area contributed by atoms with E-state index >= 15 is 0 Å². The lowest BCUT2D eigenvalue weighted by Gasteiger charge is -2.26. The maximum atomic E-state index is 13.3. The van der Waals surface area contributed by atoms with Crippen LogP contribution in [0.3, 0.4) is 0 Å². The van der Waals surface area contributed by atoms with E-state index in [1.54, 1.807) is 4.90 Å². The van der Waals surface area contributed by atoms with E-state index < -0.39 is 10.0 Å². The van der Waals surface area contributed by atoms with E-state index in [2.05, 4.69) is 17.0 Å². The Morgan fingerprint density at radius 2 is 1.59 bits per heavy atom. The Kier molecular flexibility index (Phi) is 7.51. The number of hydrogen-bond donors (Lipinski definition) is 0. The van der Waals surface area contributed by atoms with Gasteiger partial charge in [0.15, 0.2) is 0 Å². The fraction of sp³-hybridized carbons (Fsp3) is 0.458. The van der Waals surface area contributed by atoms with Gasteiger partial charge in [-0.1, -0.05) is 48.4 Å². The van der Waals surface area contributed by atoms with Crippen LogP contribution in [0.4, 0.5) is 0 Å². The summed E-state index contributed by atoms with van der Waals surface area (Å²) in [5.74, 6) is -0.202. The molecule has 1 amide bonds. The highest BCUT2D eigenvalue weighted by Gasteiger charge is 2.28. The molecule has 2 aliphatic rings. The lowest BCUT2D eigenvalue weighted by Crippen LogP contribution is -2.36. The van der Waals surface area contributed by atoms with Crippen LogP contribution in [0, 0.1) is 0 Å². The first-order valence-corrected chi connectivity index (χ1v) is 13.1. The molecule has 2 heterocycles. The molecular formula is C24H30ClN3O3S. The summed E-state index contributed by atoms with van der Waals surface area (Å²) >= 11 is 6.36. The summed E-state index contributed by atoms with van der Waals surface area (Å²) in [6.07, 6.45) is 3.65. The van der Waals surface area contributed by atoms with Gasteiger partial charge in [0.25, 0.3) is 5.91 Å². The van der Waals surface area contributed by atoms with Crippen LogP contribution < -0.4 is 0 Å². The number of hydrogen-bond acceptors (Lipinski definition) is 4. The van der Waals surface area contributed by atoms with Gasteiger partial charge in [0.2, 0.25) is 10.0 Å². The topological polar surface area (TPSA) is 60.9 Å². The van der Waals surface area contributed by atoms with Crippen molar-refractivity contribution in [3.05, 3.63) is 64.7 Å². The first-order valence-electron chi connectivity index (χ1n) is 11.3. The van der Waals surface area contributed by atoms with Gasteiger partial charge >= 0.3 is 0 Å². The summed E-state index contributed by atoms with van der Waals surface area (Å²) in [6.45, 7) is 4.80. The van der Waals surface area contributed by atoms with Crippen molar-refractivity contribution in [3.63, 3.8) is 0 Å². The minimum absolute atomic E-state index is 0.146. The quantitative estimate of drug-likeness (QED) is 0.658. The maximum Gasteiger partial charge on any atom is 0.255 e. The fourth-order valence-corrected chi connectivity index (χ4v) is 6.17. The highest BCUT2D eigenvalue weighted by molar-refractivity contribution is 7.89. The number of rotatable bonds is 5. The predicted octanol–water partition coefficient (Wildman–Crippen LogP) is 3.86. The second kappa shape index (κ2) is 10.3. The van der Waals surface area contributed by atoms with Gasteiger partial charge in [-0.2, -0.15) is 4.31 Å². The highest BCUT2D eigenvalue weighted by Crippen LogP contribution is 2.26. The molecule has 2 saturated heterocycles. The summed E-state index contributed by atoms with van der Waals surface area (Å²) in [7, 11) is -3.62. The molecule has 0 aromatic heterocycles. The molecule has 2 aliphatic heterocycles. The summed E-state index contributed by atoms with van der Waals surface area (Å²) < 4.78 is 27.7. The van der Waals surface area contributed by atoms with E-state index in [0.717, 1.165) is 45.3 Å². The lowest BCUT2D eigenvalue weighted by molar-refractivity contribution is 0.0761. The Morgan fingerprint density at radius 3 is 2.34 bits per heavy atom. The average molecular weight is 476 g/mol. The minimum Gasteiger partial charge on any atom is -0.337 e. The molecule has 2 fully saturated rings. The third-order valence-electron chi connectivity index (χ3n) is 6.25. The zero-order valence-corrected chi connectivity index (χ0v) is 19.8. The number of sulfonamides is 1. The Balaban J connectivity index is 1.47. The lowest BCUT2D eigenvalue weighted by atomic mass is 10.2. The Bertz CT molecular complexity index is 1040. The normalized spacial score (nSPS) is 19.0. The molecule has 0 bridgehead atoms. The third-order valence-corrected chi connectivity index (χ3v) is 8.47. The van der Waals surface area contributed by atoms with Crippen LogP contribution in [0.15, 0.2) is 53.4 Å². The number of benzene rings is 2. The van der Waals surface area contributed by atoms with E-state index in [4.69, 9.17) is 11.6 Å². The van der Waals surface area contributed by atoms with Crippen LogP contribution in [0.2, 0.25) is 5.02 Å². The summed E-state index contributed by atoms with van der Waals surface area (Å²) in [6, 6.07) is 14.8. The van der Waals surface area contributed by atoms with Gasteiger partial charge in [-0.25, -0.2) is 8.42 Å². The Labute approximate surface area is 195 Å². The number of nitrogens with zero attached hydrogens (tertiary/aromatic N) is 3. The van der Waals surface area contributed by atoms with Crippen molar-refractivity contribution in [2.75, 3.05) is 39.3 Å². The van der Waals surface area contributed by atoms with Crippen molar-refractivity contribution in [1.29, 1.82) is 0 Å². The van der Waals surface area contributed by atoms with Gasteiger partial charge in [-0.3, -0.25) is 9.69 Å². The molecule has 0 unspecified atom stereocenters. The van der Waals surface area contributed by atoms with E-state index in [0.29, 0.717) is 26.2 Å². The van der Waals surface area contributed by atoms with E-state index in [1.807, 2.05) is 18.2 Å². The molecular weight excluding hydrogens is 446 g/mol. The molecule has 8 heteroatoms. The largest absolute Gasteiger partial charge is 0.337 e. The molecule has 2 aromatic rings. The highest BCUT2D eigenvalue weighted by atomic mass is 35.5. The number of piperidine rings is 1.